The van der Waals surface area contributed by atoms with Crippen molar-refractivity contribution in [3.8, 4) is 0 Å². The van der Waals surface area contributed by atoms with Gasteiger partial charge in [0.05, 0.1) is 0 Å². The van der Waals surface area contributed by atoms with Crippen LogP contribution >= 0.6 is 0 Å². The lowest BCUT2D eigenvalue weighted by Crippen LogP contribution is -2.29. The maximum absolute atomic E-state index is 10.7. The fraction of sp³-hybridized carbons (Fsp3) is 0.714. The molecular formula is C7H16N4O2. The highest BCUT2D eigenvalue weighted by Gasteiger charge is 2.09. The number of carboxylic acid groups (broad SMARTS) is 1. The van der Waals surface area contributed by atoms with E-state index in [0.717, 1.165) is 6.42 Å². The number of nitrogens with zero attached hydrogens (tertiary/aromatic N) is 1. The molecule has 13 heavy (non-hydrogen) atoms. The molecule has 1 unspecified atom stereocenters. The Balaban J connectivity index is 3.45. The first kappa shape index (κ1) is 9.79. The number of aliphatic imine (C=N–C) groups is 1. The fourth-order valence-corrected chi connectivity index (χ4v) is 0.802. The van der Waals surface area contributed by atoms with Crippen molar-refractivity contribution in [2.75, 3.05) is 6.54 Å². The van der Waals surface area contributed by atoms with Gasteiger partial charge in [-0.05, 0) is 19.3 Å². The summed E-state index contributed by atoms with van der Waals surface area (Å²) in [7, 11) is 0. The van der Waals surface area contributed by atoms with Crippen LogP contribution in [-0.4, -0.2) is 29.6 Å². The number of unbranched alkanes of at least 4 members (excludes halogenated alkanes) is 1. The van der Waals surface area contributed by atoms with Crippen LogP contribution in [0.5, 0.6) is 0 Å². The van der Waals surface area contributed by atoms with Gasteiger partial charge in [0.15, 0.2) is 5.96 Å². The Bertz CT molecular complexity index is 206. The molecule has 0 aromatic rings. The molecule has 0 fully saturated rings. The Labute approximate surface area is 78.3 Å². The van der Waals surface area contributed by atoms with Gasteiger partial charge in [-0.1, -0.05) is 0 Å². The molecule has 7 N–H and O–H groups in total. The maximum Gasteiger partial charge on any atom is 0.320 e. The second-order valence-corrected chi connectivity index (χ2v) is 2.73. The zero-order valence-electron chi connectivity index (χ0n) is 8.40. The van der Waals surface area contributed by atoms with Gasteiger partial charge in [-0.15, -0.1) is 0 Å². The molecule has 0 saturated carbocycles. The first-order valence-corrected chi connectivity index (χ1v) is 4.06. The van der Waals surface area contributed by atoms with Gasteiger partial charge < -0.3 is 22.3 Å². The molecule has 0 aliphatic carbocycles. The van der Waals surface area contributed by atoms with E-state index in [2.05, 4.69) is 10.1 Å². The van der Waals surface area contributed by atoms with E-state index in [1.54, 1.807) is 0 Å². The molecule has 0 aliphatic heterocycles. The van der Waals surface area contributed by atoms with Gasteiger partial charge >= 0.3 is 5.97 Å². The molecule has 76 valence electrons. The molecule has 0 amide bonds. The molecule has 6 heteroatoms. The second-order valence-electron chi connectivity index (χ2n) is 2.73. The molecule has 0 saturated heterocycles. The molecule has 0 heterocycles. The predicted molar refractivity (Wildman–Crippen MR) is 50.1 cm³/mol. The van der Waals surface area contributed by atoms with Gasteiger partial charge in [0.25, 0.3) is 1.43 Å². The van der Waals surface area contributed by atoms with Crippen LogP contribution in [0.4, 0.5) is 0 Å². The average molecular weight is 189 g/mol. The molecule has 0 spiro atoms. The standard InChI is InChI=1S/C7H16N4O2/c8-5(6(12)13)3-1-2-4-11-7(9)10/h5H,1-4,8H2,(H,12,13)(H4,9,10,11)/i/hD. The second kappa shape index (κ2) is 6.24. The summed E-state index contributed by atoms with van der Waals surface area (Å²) in [5.41, 5.74) is 15.6. The Morgan fingerprint density at radius 3 is 2.77 bits per heavy atom. The van der Waals surface area contributed by atoms with Crippen LogP contribution in [0.1, 0.15) is 19.3 Å². The number of rotatable bonds is 6. The van der Waals surface area contributed by atoms with Crippen LogP contribution in [0, 0.1) is 0 Å². The number of nitrogens with two attached hydrogens (primary N) is 3. The Kier molecular flexibility index (Phi) is 4.70. The van der Waals surface area contributed by atoms with Crippen LogP contribution in [-0.2, 0) is 4.79 Å². The molecule has 0 radical (unpaired) electrons. The van der Waals surface area contributed by atoms with Crippen molar-refractivity contribution in [3.05, 3.63) is 0 Å². The summed E-state index contributed by atoms with van der Waals surface area (Å²) in [6.07, 6.45) is 1.93. The van der Waals surface area contributed by atoms with Gasteiger partial charge in [-0.3, -0.25) is 9.79 Å². The van der Waals surface area contributed by atoms with Crippen molar-refractivity contribution < 1.29 is 9.90 Å². The minimum Gasteiger partial charge on any atom is -0.480 e. The lowest BCUT2D eigenvalue weighted by molar-refractivity contribution is -0.138. The monoisotopic (exact) mass is 189 g/mol. The average Bonchev–Trinajstić information content (AvgIpc) is 2.15. The summed E-state index contributed by atoms with van der Waals surface area (Å²) >= 11 is 0. The number of carboxylic acids is 1. The molecule has 6 nitrogen and oxygen atoms in total. The lowest BCUT2D eigenvalue weighted by Gasteiger charge is -2.04. The molecule has 0 aromatic carbocycles. The summed E-state index contributed by atoms with van der Waals surface area (Å²) < 4.78 is 6.33. The van der Waals surface area contributed by atoms with E-state index in [1.165, 1.54) is 0 Å². The summed E-state index contributed by atoms with van der Waals surface area (Å²) in [6.45, 7) is 0.519. The number of hydrogen-bond donors (Lipinski definition) is 4. The Morgan fingerprint density at radius 1 is 1.54 bits per heavy atom. The van der Waals surface area contributed by atoms with Crippen molar-refractivity contribution in [2.45, 2.75) is 25.3 Å². The highest BCUT2D eigenvalue weighted by atomic mass is 16.4. The van der Waals surface area contributed by atoms with E-state index in [9.17, 15) is 4.79 Å². The number of guanidine groups is 1. The van der Waals surface area contributed by atoms with Crippen LogP contribution in [0.15, 0.2) is 4.99 Å². The smallest absolute Gasteiger partial charge is 0.320 e. The maximum atomic E-state index is 10.7. The normalized spacial score (nSPS) is 12.8. The minimum atomic E-state index is -0.730. The largest absolute Gasteiger partial charge is 0.480 e. The van der Waals surface area contributed by atoms with Gasteiger partial charge in [0.2, 0.25) is 0 Å². The third-order valence-corrected chi connectivity index (χ3v) is 1.52. The van der Waals surface area contributed by atoms with Crippen molar-refractivity contribution >= 4 is 11.9 Å². The van der Waals surface area contributed by atoms with Crippen molar-refractivity contribution in [3.63, 3.8) is 0 Å². The highest BCUT2D eigenvalue weighted by Crippen LogP contribution is 1.99. The van der Waals surface area contributed by atoms with E-state index in [0.29, 0.717) is 19.4 Å². The Hall–Kier alpha value is -1.30. The minimum absolute atomic E-state index is 0.0554. The molecule has 1 atom stereocenters. The summed E-state index contributed by atoms with van der Waals surface area (Å²) in [4.78, 5) is 14.4. The van der Waals surface area contributed by atoms with Crippen molar-refractivity contribution in [1.29, 1.82) is 1.43 Å². The van der Waals surface area contributed by atoms with E-state index in [-0.39, 0.29) is 5.96 Å². The van der Waals surface area contributed by atoms with Crippen LogP contribution in [0.25, 0.3) is 1.43 Å². The van der Waals surface area contributed by atoms with E-state index in [1.807, 2.05) is 0 Å². The number of hydrogen-bond acceptors (Lipinski definition) is 4. The van der Waals surface area contributed by atoms with Crippen LogP contribution in [0.2, 0.25) is 0 Å². The first-order chi connectivity index (χ1) is 6.57. The molecular weight excluding hydrogens is 172 g/mol. The SMILES string of the molecule is [2H]OC(=O)C(N)CCCCN=C(N)N. The molecule has 0 aromatic heterocycles. The van der Waals surface area contributed by atoms with Gasteiger partial charge in [-0.25, -0.2) is 0 Å². The number of carbonyl (C=O) groups is 1. The zero-order chi connectivity index (χ0) is 11.0. The van der Waals surface area contributed by atoms with Gasteiger partial charge in [-0.2, -0.15) is 0 Å². The van der Waals surface area contributed by atoms with E-state index >= 15 is 0 Å². The van der Waals surface area contributed by atoms with Gasteiger partial charge in [0, 0.05) is 6.54 Å². The van der Waals surface area contributed by atoms with Gasteiger partial charge in [0.1, 0.15) is 6.04 Å². The van der Waals surface area contributed by atoms with Crippen LogP contribution < -0.4 is 17.2 Å². The lowest BCUT2D eigenvalue weighted by atomic mass is 10.1. The third kappa shape index (κ3) is 7.07. The quantitative estimate of drug-likeness (QED) is 0.238. The van der Waals surface area contributed by atoms with Crippen molar-refractivity contribution in [2.24, 2.45) is 22.2 Å². The first-order valence-electron chi connectivity index (χ1n) is 4.46. The number of aliphatic carboxylic acids is 1. The molecule has 0 aliphatic rings. The fourth-order valence-electron chi connectivity index (χ4n) is 0.802. The van der Waals surface area contributed by atoms with Crippen LogP contribution in [0.3, 0.4) is 0 Å². The molecule has 0 rings (SSSR count). The van der Waals surface area contributed by atoms with Crippen molar-refractivity contribution in [1.82, 2.24) is 0 Å². The summed E-state index contributed by atoms with van der Waals surface area (Å²) in [5.74, 6) is -0.660. The van der Waals surface area contributed by atoms with E-state index < -0.39 is 12.0 Å². The van der Waals surface area contributed by atoms with E-state index in [4.69, 9.17) is 18.6 Å². The summed E-state index contributed by atoms with van der Waals surface area (Å²) in [5, 5.41) is 3.73. The topological polar surface area (TPSA) is 128 Å². The third-order valence-electron chi connectivity index (χ3n) is 1.52. The summed E-state index contributed by atoms with van der Waals surface area (Å²) in [6, 6.07) is -0.730. The Morgan fingerprint density at radius 2 is 2.23 bits per heavy atom. The highest BCUT2D eigenvalue weighted by molar-refractivity contribution is 5.75. The zero-order valence-corrected chi connectivity index (χ0v) is 7.40. The predicted octanol–water partition coefficient (Wildman–Crippen LogP) is -1.16. The molecule has 0 bridgehead atoms.